The molecule has 1 aromatic rings. The summed E-state index contributed by atoms with van der Waals surface area (Å²) < 4.78 is 27.3. The minimum atomic E-state index is -3.07. The van der Waals surface area contributed by atoms with Crippen LogP contribution in [0.25, 0.3) is 0 Å². The predicted octanol–water partition coefficient (Wildman–Crippen LogP) is 0.569. The Morgan fingerprint density at radius 1 is 1.55 bits per heavy atom. The Labute approximate surface area is 121 Å². The van der Waals surface area contributed by atoms with Crippen molar-refractivity contribution in [2.75, 3.05) is 23.0 Å². The van der Waals surface area contributed by atoms with Gasteiger partial charge in [-0.1, -0.05) is 6.92 Å². The molecule has 1 atom stereocenters. The highest BCUT2D eigenvalue weighted by Gasteiger charge is 2.34. The highest BCUT2D eigenvalue weighted by atomic mass is 32.2. The van der Waals surface area contributed by atoms with Crippen molar-refractivity contribution < 1.29 is 18.3 Å². The quantitative estimate of drug-likeness (QED) is 0.818. The van der Waals surface area contributed by atoms with Crippen molar-refractivity contribution in [2.24, 2.45) is 0 Å². The van der Waals surface area contributed by atoms with Crippen molar-refractivity contribution in [3.8, 4) is 0 Å². The maximum Gasteiger partial charge on any atom is 0.323 e. The van der Waals surface area contributed by atoms with Crippen LogP contribution in [0.3, 0.4) is 0 Å². The van der Waals surface area contributed by atoms with Crippen LogP contribution in [-0.4, -0.2) is 52.9 Å². The number of hydrogen-bond donors (Lipinski definition) is 1. The van der Waals surface area contributed by atoms with Gasteiger partial charge in [0.15, 0.2) is 9.84 Å². The molecule has 1 fully saturated rings. The fourth-order valence-corrected chi connectivity index (χ4v) is 4.72. The van der Waals surface area contributed by atoms with Gasteiger partial charge in [-0.15, -0.1) is 0 Å². The van der Waals surface area contributed by atoms with Crippen molar-refractivity contribution in [3.63, 3.8) is 0 Å². The number of rotatable bonds is 6. The van der Waals surface area contributed by atoms with Gasteiger partial charge >= 0.3 is 5.97 Å². The van der Waals surface area contributed by atoms with Crippen molar-refractivity contribution in [2.45, 2.75) is 32.2 Å². The van der Waals surface area contributed by atoms with E-state index < -0.39 is 15.8 Å². The number of nitrogens with zero attached hydrogens (tertiary/aromatic N) is 3. The molecule has 2 rings (SSSR count). The van der Waals surface area contributed by atoms with Crippen LogP contribution in [0, 0.1) is 0 Å². The number of carbonyl (C=O) groups is 1. The zero-order valence-electron chi connectivity index (χ0n) is 11.2. The summed E-state index contributed by atoms with van der Waals surface area (Å²) in [6.45, 7) is 1.76. The van der Waals surface area contributed by atoms with Gasteiger partial charge in [-0.25, -0.2) is 13.4 Å². The molecule has 9 heteroatoms. The molecule has 1 saturated heterocycles. The van der Waals surface area contributed by atoms with E-state index in [1.807, 2.05) is 6.92 Å². The average molecular weight is 319 g/mol. The van der Waals surface area contributed by atoms with Gasteiger partial charge in [0.2, 0.25) is 5.13 Å². The number of carboxylic acids is 1. The van der Waals surface area contributed by atoms with E-state index in [0.29, 0.717) is 17.4 Å². The van der Waals surface area contributed by atoms with E-state index in [4.69, 9.17) is 5.11 Å². The molecule has 1 aliphatic heterocycles. The van der Waals surface area contributed by atoms with E-state index in [9.17, 15) is 13.2 Å². The first-order chi connectivity index (χ1) is 9.41. The molecule has 1 aromatic heterocycles. The zero-order valence-corrected chi connectivity index (χ0v) is 12.8. The molecular formula is C11H17N3O4S2. The van der Waals surface area contributed by atoms with Crippen molar-refractivity contribution in [1.29, 1.82) is 0 Å². The number of aromatic nitrogens is 2. The summed E-state index contributed by atoms with van der Waals surface area (Å²) in [5.41, 5.74) is 0. The van der Waals surface area contributed by atoms with E-state index in [1.165, 1.54) is 0 Å². The molecule has 1 unspecified atom stereocenters. The Morgan fingerprint density at radius 3 is 2.85 bits per heavy atom. The normalized spacial score (nSPS) is 20.9. The third-order valence-electron chi connectivity index (χ3n) is 3.13. The van der Waals surface area contributed by atoms with Crippen LogP contribution in [-0.2, 0) is 21.1 Å². The maximum absolute atomic E-state index is 11.6. The van der Waals surface area contributed by atoms with E-state index >= 15 is 0 Å². The topological polar surface area (TPSA) is 100 Å². The minimum Gasteiger partial charge on any atom is -0.480 e. The van der Waals surface area contributed by atoms with Crippen LogP contribution in [0.15, 0.2) is 0 Å². The van der Waals surface area contributed by atoms with Gasteiger partial charge in [0.1, 0.15) is 12.4 Å². The Hall–Kier alpha value is -1.22. The Kier molecular flexibility index (Phi) is 4.59. The molecule has 112 valence electrons. The van der Waals surface area contributed by atoms with Crippen molar-refractivity contribution >= 4 is 32.5 Å². The monoisotopic (exact) mass is 319 g/mol. The summed E-state index contributed by atoms with van der Waals surface area (Å²) in [4.78, 5) is 16.9. The number of aryl methyl sites for hydroxylation is 1. The summed E-state index contributed by atoms with van der Waals surface area (Å²) in [7, 11) is -3.07. The third-order valence-corrected chi connectivity index (χ3v) is 5.67. The molecule has 0 saturated carbocycles. The first-order valence-corrected chi connectivity index (χ1v) is 9.02. The smallest absolute Gasteiger partial charge is 0.323 e. The Balaban J connectivity index is 2.20. The molecule has 0 aliphatic carbocycles. The summed E-state index contributed by atoms with van der Waals surface area (Å²) in [6, 6.07) is -0.321. The minimum absolute atomic E-state index is 0.0109. The lowest BCUT2D eigenvalue weighted by atomic mass is 10.2. The van der Waals surface area contributed by atoms with Crippen molar-refractivity contribution in [3.05, 3.63) is 5.82 Å². The lowest BCUT2D eigenvalue weighted by Gasteiger charge is -2.25. The van der Waals surface area contributed by atoms with E-state index in [0.717, 1.165) is 24.4 Å². The number of sulfone groups is 1. The molecule has 0 spiro atoms. The highest BCUT2D eigenvalue weighted by molar-refractivity contribution is 7.91. The molecule has 20 heavy (non-hydrogen) atoms. The SMILES string of the molecule is CCCc1nsc(N(CC(=O)O)C2CCS(=O)(=O)C2)n1. The van der Waals surface area contributed by atoms with Crippen LogP contribution in [0.2, 0.25) is 0 Å². The number of carboxylic acid groups (broad SMARTS) is 1. The molecule has 0 radical (unpaired) electrons. The fraction of sp³-hybridized carbons (Fsp3) is 0.727. The van der Waals surface area contributed by atoms with Crippen LogP contribution in [0.4, 0.5) is 5.13 Å². The fourth-order valence-electron chi connectivity index (χ4n) is 2.21. The standard InChI is InChI=1S/C11H17N3O4S2/c1-2-3-9-12-11(19-13-9)14(6-10(15)16)8-4-5-20(17,18)7-8/h8H,2-7H2,1H3,(H,15,16). The maximum atomic E-state index is 11.6. The summed E-state index contributed by atoms with van der Waals surface area (Å²) in [6.07, 6.45) is 2.09. The van der Waals surface area contributed by atoms with Crippen LogP contribution >= 0.6 is 11.5 Å². The van der Waals surface area contributed by atoms with Crippen LogP contribution in [0.1, 0.15) is 25.6 Å². The lowest BCUT2D eigenvalue weighted by molar-refractivity contribution is -0.135. The van der Waals surface area contributed by atoms with Gasteiger partial charge in [-0.2, -0.15) is 4.37 Å². The Morgan fingerprint density at radius 2 is 2.30 bits per heavy atom. The van der Waals surface area contributed by atoms with Crippen molar-refractivity contribution in [1.82, 2.24) is 9.36 Å². The van der Waals surface area contributed by atoms with Gasteiger partial charge < -0.3 is 10.0 Å². The van der Waals surface area contributed by atoms with Gasteiger partial charge in [0.05, 0.1) is 11.5 Å². The number of aliphatic carboxylic acids is 1. The summed E-state index contributed by atoms with van der Waals surface area (Å²) >= 11 is 1.13. The molecule has 0 amide bonds. The molecule has 0 aromatic carbocycles. The van der Waals surface area contributed by atoms with E-state index in [1.54, 1.807) is 4.90 Å². The van der Waals surface area contributed by atoms with Gasteiger partial charge in [-0.3, -0.25) is 4.79 Å². The molecule has 7 nitrogen and oxygen atoms in total. The third kappa shape index (κ3) is 3.66. The predicted molar refractivity (Wildman–Crippen MR) is 75.9 cm³/mol. The number of hydrogen-bond acceptors (Lipinski definition) is 7. The largest absolute Gasteiger partial charge is 0.480 e. The second-order valence-corrected chi connectivity index (χ2v) is 7.78. The molecule has 1 N–H and O–H groups in total. The molecular weight excluding hydrogens is 302 g/mol. The zero-order chi connectivity index (χ0) is 14.8. The van der Waals surface area contributed by atoms with Gasteiger partial charge in [0, 0.05) is 24.0 Å². The van der Waals surface area contributed by atoms with Crippen LogP contribution in [0.5, 0.6) is 0 Å². The first-order valence-electron chi connectivity index (χ1n) is 6.42. The average Bonchev–Trinajstić information content (AvgIpc) is 2.93. The van der Waals surface area contributed by atoms with Gasteiger partial charge in [-0.05, 0) is 12.8 Å². The summed E-state index contributed by atoms with van der Waals surface area (Å²) in [5, 5.41) is 9.51. The van der Waals surface area contributed by atoms with Crippen LogP contribution < -0.4 is 4.90 Å². The highest BCUT2D eigenvalue weighted by Crippen LogP contribution is 2.26. The van der Waals surface area contributed by atoms with E-state index in [2.05, 4.69) is 9.36 Å². The number of anilines is 1. The van der Waals surface area contributed by atoms with Gasteiger partial charge in [0.25, 0.3) is 0 Å². The molecule has 2 heterocycles. The van der Waals surface area contributed by atoms with E-state index in [-0.39, 0.29) is 24.1 Å². The molecule has 0 bridgehead atoms. The first kappa shape index (κ1) is 15.2. The summed E-state index contributed by atoms with van der Waals surface area (Å²) in [5.74, 6) is -0.220. The molecule has 1 aliphatic rings. The second kappa shape index (κ2) is 6.04. The second-order valence-electron chi connectivity index (χ2n) is 4.82. The lowest BCUT2D eigenvalue weighted by Crippen LogP contribution is -2.40. The Bertz CT molecular complexity index is 584.